The second-order valence-electron chi connectivity index (χ2n) is 4.74. The van der Waals surface area contributed by atoms with E-state index in [4.69, 9.17) is 26.8 Å². The van der Waals surface area contributed by atoms with Crippen LogP contribution in [0.4, 0.5) is 5.69 Å². The van der Waals surface area contributed by atoms with Crippen molar-refractivity contribution in [1.82, 2.24) is 4.98 Å². The van der Waals surface area contributed by atoms with E-state index in [9.17, 15) is 4.79 Å². The zero-order chi connectivity index (χ0) is 16.0. The minimum absolute atomic E-state index is 0.0154. The zero-order valence-electron chi connectivity index (χ0n) is 12.7. The number of anilines is 1. The highest BCUT2D eigenvalue weighted by molar-refractivity contribution is 6.29. The van der Waals surface area contributed by atoms with Gasteiger partial charge in [0.25, 0.3) is 0 Å². The first-order chi connectivity index (χ1) is 10.7. The predicted octanol–water partition coefficient (Wildman–Crippen LogP) is 2.23. The summed E-state index contributed by atoms with van der Waals surface area (Å²) in [5.41, 5.74) is 5.97. The summed E-state index contributed by atoms with van der Waals surface area (Å²) in [5, 5.41) is 3.16. The van der Waals surface area contributed by atoms with Gasteiger partial charge in [-0.25, -0.2) is 4.98 Å². The molecule has 0 unspecified atom stereocenters. The molecule has 0 radical (unpaired) electrons. The molecular weight excluding hydrogens is 306 g/mol. The highest BCUT2D eigenvalue weighted by Gasteiger charge is 2.03. The number of unbranched alkanes of at least 4 members (excludes halogenated alkanes) is 2. The smallest absolute Gasteiger partial charge is 0.224 e. The lowest BCUT2D eigenvalue weighted by atomic mass is 10.2. The molecule has 3 N–H and O–H groups in total. The standard InChI is InChI=1S/C15H24ClN3O3/c16-14-12-13(5-7-18-14)19-15(20)4-2-1-3-8-21-10-11-22-9-6-17/h5,7,12H,1-4,6,8-11,17H2,(H,18,19,20). The van der Waals surface area contributed by atoms with Crippen molar-refractivity contribution in [3.05, 3.63) is 23.5 Å². The fraction of sp³-hybridized carbons (Fsp3) is 0.600. The second kappa shape index (κ2) is 12.3. The van der Waals surface area contributed by atoms with Gasteiger partial charge in [0, 0.05) is 31.5 Å². The fourth-order valence-electron chi connectivity index (χ4n) is 1.78. The van der Waals surface area contributed by atoms with Gasteiger partial charge < -0.3 is 20.5 Å². The largest absolute Gasteiger partial charge is 0.379 e. The summed E-state index contributed by atoms with van der Waals surface area (Å²) >= 11 is 5.75. The number of hydrogen-bond donors (Lipinski definition) is 2. The third-order valence-electron chi connectivity index (χ3n) is 2.84. The third-order valence-corrected chi connectivity index (χ3v) is 3.04. The summed E-state index contributed by atoms with van der Waals surface area (Å²) in [5.74, 6) is -0.0154. The summed E-state index contributed by atoms with van der Waals surface area (Å²) in [6.45, 7) is 2.96. The molecular formula is C15H24ClN3O3. The topological polar surface area (TPSA) is 86.5 Å². The molecule has 0 bridgehead atoms. The summed E-state index contributed by atoms with van der Waals surface area (Å²) in [4.78, 5) is 15.6. The van der Waals surface area contributed by atoms with Crippen molar-refractivity contribution in [2.75, 3.05) is 38.3 Å². The zero-order valence-corrected chi connectivity index (χ0v) is 13.5. The van der Waals surface area contributed by atoms with Crippen LogP contribution in [0.15, 0.2) is 18.3 Å². The molecule has 6 nitrogen and oxygen atoms in total. The highest BCUT2D eigenvalue weighted by Crippen LogP contribution is 2.12. The average Bonchev–Trinajstić information content (AvgIpc) is 2.49. The molecule has 0 aliphatic carbocycles. The molecule has 0 aromatic carbocycles. The van der Waals surface area contributed by atoms with Crippen LogP contribution in [-0.4, -0.2) is 43.9 Å². The van der Waals surface area contributed by atoms with Crippen molar-refractivity contribution in [2.45, 2.75) is 25.7 Å². The molecule has 1 rings (SSSR count). The maximum atomic E-state index is 11.7. The van der Waals surface area contributed by atoms with Gasteiger partial charge in [0.05, 0.1) is 19.8 Å². The monoisotopic (exact) mass is 329 g/mol. The van der Waals surface area contributed by atoms with Gasteiger partial charge in [-0.2, -0.15) is 0 Å². The van der Waals surface area contributed by atoms with Gasteiger partial charge in [0.1, 0.15) is 5.15 Å². The van der Waals surface area contributed by atoms with Gasteiger partial charge in [0.2, 0.25) is 5.91 Å². The Morgan fingerprint density at radius 2 is 1.95 bits per heavy atom. The molecule has 0 saturated heterocycles. The van der Waals surface area contributed by atoms with Gasteiger partial charge in [-0.15, -0.1) is 0 Å². The molecule has 0 atom stereocenters. The molecule has 0 aliphatic rings. The Morgan fingerprint density at radius 3 is 2.68 bits per heavy atom. The van der Waals surface area contributed by atoms with Gasteiger partial charge in [-0.1, -0.05) is 18.0 Å². The molecule has 1 heterocycles. The maximum absolute atomic E-state index is 11.7. The van der Waals surface area contributed by atoms with Crippen LogP contribution in [0.1, 0.15) is 25.7 Å². The number of amides is 1. The SMILES string of the molecule is NCCOCCOCCCCCC(=O)Nc1ccnc(Cl)c1. The Morgan fingerprint density at radius 1 is 1.18 bits per heavy atom. The lowest BCUT2D eigenvalue weighted by molar-refractivity contribution is -0.116. The summed E-state index contributed by atoms with van der Waals surface area (Å²) in [7, 11) is 0. The molecule has 0 fully saturated rings. The van der Waals surface area contributed by atoms with Crippen LogP contribution < -0.4 is 11.1 Å². The first-order valence-electron chi connectivity index (χ1n) is 7.49. The number of carbonyl (C=O) groups is 1. The molecule has 1 aromatic rings. The molecule has 1 amide bonds. The maximum Gasteiger partial charge on any atom is 0.224 e. The van der Waals surface area contributed by atoms with Crippen LogP contribution in [0.2, 0.25) is 5.15 Å². The Bertz CT molecular complexity index is 432. The van der Waals surface area contributed by atoms with Gasteiger partial charge in [-0.3, -0.25) is 4.79 Å². The van der Waals surface area contributed by atoms with Crippen LogP contribution >= 0.6 is 11.6 Å². The number of pyridine rings is 1. The van der Waals surface area contributed by atoms with Crippen LogP contribution in [0.3, 0.4) is 0 Å². The number of halogens is 1. The number of nitrogens with zero attached hydrogens (tertiary/aromatic N) is 1. The molecule has 0 aliphatic heterocycles. The Labute approximate surface area is 136 Å². The van der Waals surface area contributed by atoms with Crippen molar-refractivity contribution in [1.29, 1.82) is 0 Å². The fourth-order valence-corrected chi connectivity index (χ4v) is 1.95. The molecule has 0 saturated carbocycles. The number of hydrogen-bond acceptors (Lipinski definition) is 5. The van der Waals surface area contributed by atoms with E-state index in [1.807, 2.05) is 0 Å². The van der Waals surface area contributed by atoms with E-state index in [-0.39, 0.29) is 5.91 Å². The number of ether oxygens (including phenoxy) is 2. The minimum atomic E-state index is -0.0154. The Balaban J connectivity index is 1.95. The predicted molar refractivity (Wildman–Crippen MR) is 87.0 cm³/mol. The Hall–Kier alpha value is -1.21. The van der Waals surface area contributed by atoms with Crippen LogP contribution in [0.5, 0.6) is 0 Å². The van der Waals surface area contributed by atoms with Crippen LogP contribution in [-0.2, 0) is 14.3 Å². The molecule has 22 heavy (non-hydrogen) atoms. The van der Waals surface area contributed by atoms with Crippen LogP contribution in [0.25, 0.3) is 0 Å². The summed E-state index contributed by atoms with van der Waals surface area (Å²) in [6, 6.07) is 3.34. The average molecular weight is 330 g/mol. The first-order valence-corrected chi connectivity index (χ1v) is 7.87. The third kappa shape index (κ3) is 9.68. The second-order valence-corrected chi connectivity index (χ2v) is 5.13. The van der Waals surface area contributed by atoms with E-state index in [2.05, 4.69) is 10.3 Å². The molecule has 1 aromatic heterocycles. The van der Waals surface area contributed by atoms with E-state index >= 15 is 0 Å². The Kier molecular flexibility index (Phi) is 10.6. The van der Waals surface area contributed by atoms with Crippen molar-refractivity contribution in [3.8, 4) is 0 Å². The van der Waals surface area contributed by atoms with E-state index in [1.54, 1.807) is 18.3 Å². The molecule has 124 valence electrons. The highest BCUT2D eigenvalue weighted by atomic mass is 35.5. The first kappa shape index (κ1) is 18.8. The molecule has 7 heteroatoms. The van der Waals surface area contributed by atoms with Gasteiger partial charge in [-0.05, 0) is 25.0 Å². The number of nitrogens with two attached hydrogens (primary N) is 1. The number of aromatic nitrogens is 1. The van der Waals surface area contributed by atoms with Crippen LogP contribution in [0, 0.1) is 0 Å². The van der Waals surface area contributed by atoms with E-state index in [0.717, 1.165) is 19.3 Å². The lowest BCUT2D eigenvalue weighted by Crippen LogP contribution is -2.12. The number of nitrogens with one attached hydrogen (secondary N) is 1. The van der Waals surface area contributed by atoms with E-state index < -0.39 is 0 Å². The summed E-state index contributed by atoms with van der Waals surface area (Å²) < 4.78 is 10.6. The minimum Gasteiger partial charge on any atom is -0.379 e. The van der Waals surface area contributed by atoms with Crippen molar-refractivity contribution < 1.29 is 14.3 Å². The summed E-state index contributed by atoms with van der Waals surface area (Å²) in [6.07, 6.45) is 4.77. The molecule has 0 spiro atoms. The van der Waals surface area contributed by atoms with Gasteiger partial charge in [0.15, 0.2) is 0 Å². The quantitative estimate of drug-likeness (QED) is 0.453. The van der Waals surface area contributed by atoms with Crippen molar-refractivity contribution in [3.63, 3.8) is 0 Å². The van der Waals surface area contributed by atoms with Gasteiger partial charge >= 0.3 is 0 Å². The van der Waals surface area contributed by atoms with E-state index in [1.165, 1.54) is 0 Å². The normalized spacial score (nSPS) is 10.6. The van der Waals surface area contributed by atoms with Crippen molar-refractivity contribution >= 4 is 23.2 Å². The number of carbonyl (C=O) groups excluding carboxylic acids is 1. The number of rotatable bonds is 12. The lowest BCUT2D eigenvalue weighted by Gasteiger charge is -2.06. The van der Waals surface area contributed by atoms with E-state index in [0.29, 0.717) is 50.2 Å². The van der Waals surface area contributed by atoms with Crippen molar-refractivity contribution in [2.24, 2.45) is 5.73 Å².